The molecule has 3 heterocycles. The van der Waals surface area contributed by atoms with Gasteiger partial charge in [-0.15, -0.1) is 0 Å². The molecule has 24 heavy (non-hydrogen) atoms. The molecule has 6 nitrogen and oxygen atoms in total. The first-order valence-electron chi connectivity index (χ1n) is 7.57. The van der Waals surface area contributed by atoms with Crippen molar-refractivity contribution in [2.45, 2.75) is 44.8 Å². The fourth-order valence-corrected chi connectivity index (χ4v) is 2.73. The van der Waals surface area contributed by atoms with Crippen LogP contribution in [-0.4, -0.2) is 27.5 Å². The van der Waals surface area contributed by atoms with Crippen molar-refractivity contribution >= 4 is 5.91 Å². The molecule has 1 saturated heterocycles. The summed E-state index contributed by atoms with van der Waals surface area (Å²) in [6.07, 6.45) is -1.27. The minimum Gasteiger partial charge on any atom is -0.446 e. The monoisotopic (exact) mass is 343 g/mol. The van der Waals surface area contributed by atoms with Crippen molar-refractivity contribution in [2.24, 2.45) is 0 Å². The Kier molecular flexibility index (Phi) is 4.10. The maximum absolute atomic E-state index is 12.9. The third-order valence-electron chi connectivity index (χ3n) is 4.00. The van der Waals surface area contributed by atoms with E-state index in [1.54, 1.807) is 0 Å². The lowest BCUT2D eigenvalue weighted by atomic mass is 10.1. The Morgan fingerprint density at radius 1 is 1.38 bits per heavy atom. The van der Waals surface area contributed by atoms with E-state index in [1.165, 1.54) is 11.2 Å². The van der Waals surface area contributed by atoms with Crippen LogP contribution in [0.5, 0.6) is 0 Å². The van der Waals surface area contributed by atoms with Crippen molar-refractivity contribution in [1.29, 1.82) is 0 Å². The van der Waals surface area contributed by atoms with Gasteiger partial charge in [-0.25, -0.2) is 4.98 Å². The van der Waals surface area contributed by atoms with Crippen molar-refractivity contribution in [2.75, 3.05) is 6.54 Å². The maximum atomic E-state index is 12.9. The zero-order chi connectivity index (χ0) is 17.5. The van der Waals surface area contributed by atoms with E-state index in [0.29, 0.717) is 25.3 Å². The molecule has 130 valence electrons. The summed E-state index contributed by atoms with van der Waals surface area (Å²) in [5.74, 6) is -0.284. The van der Waals surface area contributed by atoms with Crippen LogP contribution in [0.15, 0.2) is 21.5 Å². The number of aromatic nitrogens is 2. The van der Waals surface area contributed by atoms with E-state index in [2.05, 4.69) is 14.7 Å². The number of oxazole rings is 1. The highest BCUT2D eigenvalue weighted by molar-refractivity contribution is 5.95. The smallest absolute Gasteiger partial charge is 0.437 e. The number of hydrogen-bond donors (Lipinski definition) is 0. The second-order valence-electron chi connectivity index (χ2n) is 6.00. The van der Waals surface area contributed by atoms with E-state index in [-0.39, 0.29) is 5.92 Å². The van der Waals surface area contributed by atoms with Gasteiger partial charge in [-0.05, 0) is 18.8 Å². The number of carbonyl (C=O) groups is 1. The summed E-state index contributed by atoms with van der Waals surface area (Å²) >= 11 is 0. The lowest BCUT2D eigenvalue weighted by Crippen LogP contribution is -2.32. The molecule has 9 heteroatoms. The predicted molar refractivity (Wildman–Crippen MR) is 75.1 cm³/mol. The third kappa shape index (κ3) is 2.90. The SMILES string of the molecule is CC(C)c1coc([C@@H]2CCCN2C(=O)c2conc2C(F)(F)F)n1. The van der Waals surface area contributed by atoms with Gasteiger partial charge in [0.25, 0.3) is 5.91 Å². The van der Waals surface area contributed by atoms with Crippen molar-refractivity contribution in [3.8, 4) is 0 Å². The van der Waals surface area contributed by atoms with Gasteiger partial charge in [-0.2, -0.15) is 13.2 Å². The number of likely N-dealkylation sites (tertiary alicyclic amines) is 1. The molecule has 0 radical (unpaired) electrons. The topological polar surface area (TPSA) is 72.4 Å². The van der Waals surface area contributed by atoms with Crippen LogP contribution in [0.25, 0.3) is 0 Å². The molecule has 1 atom stereocenters. The average Bonchev–Trinajstić information content (AvgIpc) is 3.23. The van der Waals surface area contributed by atoms with E-state index >= 15 is 0 Å². The molecular formula is C15H16F3N3O3. The van der Waals surface area contributed by atoms with Crippen LogP contribution in [0, 0.1) is 0 Å². The van der Waals surface area contributed by atoms with Gasteiger partial charge in [0.05, 0.1) is 5.69 Å². The molecule has 1 aliphatic rings. The number of rotatable bonds is 3. The van der Waals surface area contributed by atoms with Crippen LogP contribution in [0.1, 0.15) is 66.3 Å². The fraction of sp³-hybridized carbons (Fsp3) is 0.533. The molecular weight excluding hydrogens is 327 g/mol. The van der Waals surface area contributed by atoms with Crippen molar-refractivity contribution in [1.82, 2.24) is 15.0 Å². The molecule has 0 aromatic carbocycles. The molecule has 0 saturated carbocycles. The van der Waals surface area contributed by atoms with Gasteiger partial charge in [0.1, 0.15) is 24.1 Å². The third-order valence-corrected chi connectivity index (χ3v) is 4.00. The number of alkyl halides is 3. The highest BCUT2D eigenvalue weighted by Gasteiger charge is 2.43. The molecule has 1 aliphatic heterocycles. The summed E-state index contributed by atoms with van der Waals surface area (Å²) in [5, 5.41) is 2.92. The first kappa shape index (κ1) is 16.5. The van der Waals surface area contributed by atoms with E-state index in [1.807, 2.05) is 13.8 Å². The standard InChI is InChI=1S/C15H16F3N3O3/c1-8(2)10-7-23-13(19-10)11-4-3-5-21(11)14(22)9-6-24-20-12(9)15(16,17)18/h6-8,11H,3-5H2,1-2H3/t11-/m0/s1. The molecule has 0 aliphatic carbocycles. The summed E-state index contributed by atoms with van der Waals surface area (Å²) in [6.45, 7) is 4.23. The molecule has 2 aromatic rings. The molecule has 0 N–H and O–H groups in total. The predicted octanol–water partition coefficient (Wildman–Crippen LogP) is 3.78. The van der Waals surface area contributed by atoms with Crippen LogP contribution in [0.4, 0.5) is 13.2 Å². The van der Waals surface area contributed by atoms with Crippen molar-refractivity contribution < 1.29 is 26.9 Å². The number of nitrogens with zero attached hydrogens (tertiary/aromatic N) is 3. The first-order chi connectivity index (χ1) is 11.3. The number of carbonyl (C=O) groups excluding carboxylic acids is 1. The lowest BCUT2D eigenvalue weighted by molar-refractivity contribution is -0.143. The van der Waals surface area contributed by atoms with Gasteiger partial charge in [0.15, 0.2) is 5.69 Å². The fourth-order valence-electron chi connectivity index (χ4n) is 2.73. The Balaban J connectivity index is 1.88. The van der Waals surface area contributed by atoms with Crippen LogP contribution >= 0.6 is 0 Å². The Hall–Kier alpha value is -2.32. The van der Waals surface area contributed by atoms with E-state index in [0.717, 1.165) is 12.0 Å². The van der Waals surface area contributed by atoms with Crippen LogP contribution in [0.2, 0.25) is 0 Å². The number of halogens is 3. The minimum absolute atomic E-state index is 0.156. The van der Waals surface area contributed by atoms with Gasteiger partial charge in [0, 0.05) is 6.54 Å². The summed E-state index contributed by atoms with van der Waals surface area (Å²) in [7, 11) is 0. The zero-order valence-electron chi connectivity index (χ0n) is 13.1. The van der Waals surface area contributed by atoms with Gasteiger partial charge in [0.2, 0.25) is 5.89 Å². The van der Waals surface area contributed by atoms with Crippen molar-refractivity contribution in [3.05, 3.63) is 35.4 Å². The second kappa shape index (κ2) is 5.95. The Bertz CT molecular complexity index is 736. The largest absolute Gasteiger partial charge is 0.446 e. The summed E-state index contributed by atoms with van der Waals surface area (Å²) in [6, 6.07) is -0.485. The van der Waals surface area contributed by atoms with Crippen LogP contribution < -0.4 is 0 Å². The quantitative estimate of drug-likeness (QED) is 0.848. The first-order valence-corrected chi connectivity index (χ1v) is 7.57. The summed E-state index contributed by atoms with van der Waals surface area (Å²) in [5.41, 5.74) is -1.16. The van der Waals surface area contributed by atoms with Gasteiger partial charge < -0.3 is 13.8 Å². The molecule has 0 unspecified atom stereocenters. The molecule has 1 amide bonds. The Morgan fingerprint density at radius 3 is 2.75 bits per heavy atom. The molecule has 1 fully saturated rings. The molecule has 0 bridgehead atoms. The summed E-state index contributed by atoms with van der Waals surface area (Å²) < 4.78 is 48.6. The lowest BCUT2D eigenvalue weighted by Gasteiger charge is -2.22. The van der Waals surface area contributed by atoms with E-state index in [4.69, 9.17) is 4.42 Å². The van der Waals surface area contributed by atoms with Crippen LogP contribution in [0.3, 0.4) is 0 Å². The molecule has 0 spiro atoms. The molecule has 3 rings (SSSR count). The van der Waals surface area contributed by atoms with Gasteiger partial charge >= 0.3 is 6.18 Å². The summed E-state index contributed by atoms with van der Waals surface area (Å²) in [4.78, 5) is 18.2. The highest BCUT2D eigenvalue weighted by atomic mass is 19.4. The number of amides is 1. The van der Waals surface area contributed by atoms with Gasteiger partial charge in [-0.3, -0.25) is 4.79 Å². The zero-order valence-corrected chi connectivity index (χ0v) is 13.1. The highest BCUT2D eigenvalue weighted by Crippen LogP contribution is 2.36. The normalized spacial score (nSPS) is 18.6. The molecule has 2 aromatic heterocycles. The van der Waals surface area contributed by atoms with E-state index in [9.17, 15) is 18.0 Å². The van der Waals surface area contributed by atoms with Crippen molar-refractivity contribution in [3.63, 3.8) is 0 Å². The van der Waals surface area contributed by atoms with Gasteiger partial charge in [-0.1, -0.05) is 19.0 Å². The van der Waals surface area contributed by atoms with E-state index < -0.39 is 29.4 Å². The van der Waals surface area contributed by atoms with Crippen LogP contribution in [-0.2, 0) is 6.18 Å². The Labute approximate surface area is 135 Å². The average molecular weight is 343 g/mol. The number of hydrogen-bond acceptors (Lipinski definition) is 5. The minimum atomic E-state index is -4.75. The maximum Gasteiger partial charge on any atom is 0.437 e. The Morgan fingerprint density at radius 2 is 2.12 bits per heavy atom. The second-order valence-corrected chi connectivity index (χ2v) is 6.00.